The van der Waals surface area contributed by atoms with E-state index in [4.69, 9.17) is 0 Å². The summed E-state index contributed by atoms with van der Waals surface area (Å²) in [4.78, 5) is 13.0. The number of fused-ring (bicyclic) bond motifs is 1. The summed E-state index contributed by atoms with van der Waals surface area (Å²) in [6, 6.07) is 4.67. The minimum Gasteiger partial charge on any atom is -0.367 e. The molecule has 4 heterocycles. The molecule has 1 N–H and O–H groups in total. The number of anilines is 3. The monoisotopic (exact) mass is 371 g/mol. The van der Waals surface area contributed by atoms with Crippen LogP contribution in [0, 0.1) is 0 Å². The Hall–Kier alpha value is -2.09. The summed E-state index contributed by atoms with van der Waals surface area (Å²) in [5, 5.41) is 12.5. The Morgan fingerprint density at radius 1 is 1.15 bits per heavy atom. The van der Waals surface area contributed by atoms with Crippen molar-refractivity contribution in [2.45, 2.75) is 31.1 Å². The summed E-state index contributed by atoms with van der Waals surface area (Å²) < 4.78 is 0. The molecule has 0 amide bonds. The molecule has 0 spiro atoms. The molecule has 1 fully saturated rings. The van der Waals surface area contributed by atoms with E-state index in [0.717, 1.165) is 61.3 Å². The fraction of sp³-hybridized carbons (Fsp3) is 0.556. The molecular weight excluding hydrogens is 346 g/mol. The number of rotatable bonds is 4. The highest BCUT2D eigenvalue weighted by atomic mass is 32.2. The fourth-order valence-electron chi connectivity index (χ4n) is 3.42. The number of thioether (sulfide) groups is 1. The number of nitrogens with zero attached hydrogens (tertiary/aromatic N) is 6. The van der Waals surface area contributed by atoms with Crippen LogP contribution in [0.15, 0.2) is 18.5 Å². The number of aromatic nitrogens is 4. The highest BCUT2D eigenvalue weighted by Crippen LogP contribution is 2.27. The molecule has 0 radical (unpaired) electrons. The van der Waals surface area contributed by atoms with E-state index < -0.39 is 0 Å². The van der Waals surface area contributed by atoms with Gasteiger partial charge in [0.15, 0.2) is 5.82 Å². The van der Waals surface area contributed by atoms with Gasteiger partial charge in [0, 0.05) is 51.5 Å². The van der Waals surface area contributed by atoms with Crippen molar-refractivity contribution < 1.29 is 0 Å². The standard InChI is InChI=1S/C18H25N7S/c1-24(2)17-10-16(19-12-20-17)21-14-3-6-25(7-4-14)18-9-13-11-26-8-5-15(13)22-23-18/h9-10,12,14H,3-8,11H2,1-2H3,(H,19,20,21). The molecule has 0 bridgehead atoms. The lowest BCUT2D eigenvalue weighted by Crippen LogP contribution is -2.40. The second-order valence-corrected chi connectivity index (χ2v) is 8.14. The van der Waals surface area contributed by atoms with E-state index in [1.165, 1.54) is 11.3 Å². The van der Waals surface area contributed by atoms with Crippen LogP contribution >= 0.6 is 11.8 Å². The zero-order chi connectivity index (χ0) is 17.9. The van der Waals surface area contributed by atoms with Gasteiger partial charge in [-0.3, -0.25) is 0 Å². The molecule has 8 heteroatoms. The van der Waals surface area contributed by atoms with Crippen LogP contribution in [-0.2, 0) is 12.2 Å². The number of hydrogen-bond donors (Lipinski definition) is 1. The zero-order valence-electron chi connectivity index (χ0n) is 15.4. The molecule has 0 aromatic carbocycles. The predicted octanol–water partition coefficient (Wildman–Crippen LogP) is 2.20. The lowest BCUT2D eigenvalue weighted by Gasteiger charge is -2.33. The summed E-state index contributed by atoms with van der Waals surface area (Å²) in [5.41, 5.74) is 2.55. The molecule has 0 aliphatic carbocycles. The maximum atomic E-state index is 4.48. The van der Waals surface area contributed by atoms with Crippen molar-refractivity contribution in [3.05, 3.63) is 29.7 Å². The minimum atomic E-state index is 0.428. The van der Waals surface area contributed by atoms with Gasteiger partial charge in [0.25, 0.3) is 0 Å². The Kier molecular flexibility index (Phi) is 5.10. The summed E-state index contributed by atoms with van der Waals surface area (Å²) in [7, 11) is 3.98. The van der Waals surface area contributed by atoms with Crippen LogP contribution in [0.2, 0.25) is 0 Å². The first kappa shape index (κ1) is 17.3. The average Bonchev–Trinajstić information content (AvgIpc) is 2.68. The first-order valence-corrected chi connectivity index (χ1v) is 10.3. The van der Waals surface area contributed by atoms with E-state index >= 15 is 0 Å². The van der Waals surface area contributed by atoms with Crippen molar-refractivity contribution in [1.29, 1.82) is 0 Å². The Balaban J connectivity index is 1.36. The normalized spacial score (nSPS) is 17.7. The third kappa shape index (κ3) is 3.85. The van der Waals surface area contributed by atoms with E-state index in [1.807, 2.05) is 36.8 Å². The van der Waals surface area contributed by atoms with Gasteiger partial charge in [0.1, 0.15) is 18.0 Å². The van der Waals surface area contributed by atoms with Crippen molar-refractivity contribution in [1.82, 2.24) is 20.2 Å². The maximum Gasteiger partial charge on any atom is 0.151 e. The molecule has 2 aromatic rings. The SMILES string of the molecule is CN(C)c1cc(NC2CCN(c3cc4c(nn3)CCSC4)CC2)ncn1. The minimum absolute atomic E-state index is 0.428. The summed E-state index contributed by atoms with van der Waals surface area (Å²) in [5.74, 6) is 5.07. The molecule has 0 unspecified atom stereocenters. The molecule has 0 saturated carbocycles. The van der Waals surface area contributed by atoms with Crippen LogP contribution in [0.4, 0.5) is 17.5 Å². The third-order valence-electron chi connectivity index (χ3n) is 4.97. The molecule has 26 heavy (non-hydrogen) atoms. The maximum absolute atomic E-state index is 4.48. The smallest absolute Gasteiger partial charge is 0.151 e. The van der Waals surface area contributed by atoms with E-state index in [9.17, 15) is 0 Å². The van der Waals surface area contributed by atoms with Gasteiger partial charge in [0.05, 0.1) is 5.69 Å². The second-order valence-electron chi connectivity index (χ2n) is 7.04. The first-order chi connectivity index (χ1) is 12.7. The number of nitrogens with one attached hydrogen (secondary N) is 1. The lowest BCUT2D eigenvalue weighted by molar-refractivity contribution is 0.520. The van der Waals surface area contributed by atoms with Crippen LogP contribution in [0.1, 0.15) is 24.1 Å². The van der Waals surface area contributed by atoms with Gasteiger partial charge in [0.2, 0.25) is 0 Å². The predicted molar refractivity (Wildman–Crippen MR) is 107 cm³/mol. The van der Waals surface area contributed by atoms with Crippen molar-refractivity contribution in [3.63, 3.8) is 0 Å². The second kappa shape index (κ2) is 7.65. The molecule has 1 saturated heterocycles. The summed E-state index contributed by atoms with van der Waals surface area (Å²) >= 11 is 1.99. The van der Waals surface area contributed by atoms with Gasteiger partial charge < -0.3 is 15.1 Å². The Labute approximate surface area is 158 Å². The molecular formula is C18H25N7S. The van der Waals surface area contributed by atoms with Gasteiger partial charge in [-0.2, -0.15) is 16.9 Å². The van der Waals surface area contributed by atoms with Gasteiger partial charge in [-0.25, -0.2) is 9.97 Å². The number of hydrogen-bond acceptors (Lipinski definition) is 8. The van der Waals surface area contributed by atoms with Gasteiger partial charge in [-0.05, 0) is 30.2 Å². The lowest BCUT2D eigenvalue weighted by atomic mass is 10.0. The third-order valence-corrected chi connectivity index (χ3v) is 5.98. The highest BCUT2D eigenvalue weighted by molar-refractivity contribution is 7.98. The van der Waals surface area contributed by atoms with E-state index in [2.05, 4.69) is 36.4 Å². The summed E-state index contributed by atoms with van der Waals surface area (Å²) in [6.45, 7) is 1.98. The Morgan fingerprint density at radius 2 is 2.00 bits per heavy atom. The van der Waals surface area contributed by atoms with Gasteiger partial charge >= 0.3 is 0 Å². The number of aryl methyl sites for hydroxylation is 1. The zero-order valence-corrected chi connectivity index (χ0v) is 16.2. The largest absolute Gasteiger partial charge is 0.367 e. The Morgan fingerprint density at radius 3 is 2.81 bits per heavy atom. The Bertz CT molecular complexity index is 759. The molecule has 0 atom stereocenters. The van der Waals surface area contributed by atoms with Gasteiger partial charge in [-0.1, -0.05) is 0 Å². The first-order valence-electron chi connectivity index (χ1n) is 9.13. The van der Waals surface area contributed by atoms with Crippen LogP contribution < -0.4 is 15.1 Å². The van der Waals surface area contributed by atoms with Crippen molar-refractivity contribution in [2.24, 2.45) is 0 Å². The molecule has 138 valence electrons. The molecule has 2 aliphatic heterocycles. The van der Waals surface area contributed by atoms with Crippen LogP contribution in [0.5, 0.6) is 0 Å². The van der Waals surface area contributed by atoms with E-state index in [1.54, 1.807) is 6.33 Å². The summed E-state index contributed by atoms with van der Waals surface area (Å²) in [6.07, 6.45) is 4.80. The molecule has 2 aromatic heterocycles. The van der Waals surface area contributed by atoms with E-state index in [0.29, 0.717) is 6.04 Å². The van der Waals surface area contributed by atoms with Crippen molar-refractivity contribution in [2.75, 3.05) is 48.1 Å². The van der Waals surface area contributed by atoms with Crippen molar-refractivity contribution >= 4 is 29.2 Å². The molecule has 2 aliphatic rings. The van der Waals surface area contributed by atoms with Gasteiger partial charge in [-0.15, -0.1) is 5.10 Å². The van der Waals surface area contributed by atoms with E-state index in [-0.39, 0.29) is 0 Å². The molecule has 7 nitrogen and oxygen atoms in total. The topological polar surface area (TPSA) is 70.1 Å². The van der Waals surface area contributed by atoms with Crippen LogP contribution in [0.3, 0.4) is 0 Å². The van der Waals surface area contributed by atoms with Crippen LogP contribution in [-0.4, -0.2) is 59.1 Å². The average molecular weight is 372 g/mol. The fourth-order valence-corrected chi connectivity index (χ4v) is 4.37. The molecule has 4 rings (SSSR count). The number of piperidine rings is 1. The highest BCUT2D eigenvalue weighted by Gasteiger charge is 2.22. The van der Waals surface area contributed by atoms with Crippen LogP contribution in [0.25, 0.3) is 0 Å². The quantitative estimate of drug-likeness (QED) is 0.877. The van der Waals surface area contributed by atoms with Crippen molar-refractivity contribution in [3.8, 4) is 0 Å².